The van der Waals surface area contributed by atoms with Crippen LogP contribution in [-0.4, -0.2) is 44.7 Å². The first kappa shape index (κ1) is 18.7. The standard InChI is InChI=1S/C20H20FN5OS/c21-18-11-14(5-6-16(18)15-12-24-20(22)25-13-15)17-3-1-2-4-19(17)28(27)26-9-7-23-8-10-26/h1-6,11-13,23H,7-10H2,(H2,22,24,25). The molecule has 3 aromatic rings. The predicted octanol–water partition coefficient (Wildman–Crippen LogP) is 2.46. The predicted molar refractivity (Wildman–Crippen MR) is 108 cm³/mol. The lowest BCUT2D eigenvalue weighted by atomic mass is 10.0. The number of nitrogens with zero attached hydrogens (tertiary/aromatic N) is 3. The molecule has 144 valence electrons. The van der Waals surface area contributed by atoms with Gasteiger partial charge in [-0.2, -0.15) is 0 Å². The van der Waals surface area contributed by atoms with E-state index in [1.54, 1.807) is 6.07 Å². The lowest BCUT2D eigenvalue weighted by Gasteiger charge is -2.26. The van der Waals surface area contributed by atoms with Crippen LogP contribution >= 0.6 is 0 Å². The van der Waals surface area contributed by atoms with Crippen molar-refractivity contribution in [1.29, 1.82) is 0 Å². The molecule has 1 saturated heterocycles. The number of hydrogen-bond acceptors (Lipinski definition) is 5. The number of piperazine rings is 1. The highest BCUT2D eigenvalue weighted by atomic mass is 32.2. The summed E-state index contributed by atoms with van der Waals surface area (Å²) >= 11 is 0. The molecule has 1 aliphatic heterocycles. The van der Waals surface area contributed by atoms with Crippen molar-refractivity contribution in [1.82, 2.24) is 19.6 Å². The second-order valence-corrected chi connectivity index (χ2v) is 7.90. The molecule has 4 rings (SSSR count). The van der Waals surface area contributed by atoms with E-state index in [4.69, 9.17) is 5.73 Å². The van der Waals surface area contributed by atoms with Crippen molar-refractivity contribution in [2.24, 2.45) is 0 Å². The summed E-state index contributed by atoms with van der Waals surface area (Å²) in [6, 6.07) is 12.4. The van der Waals surface area contributed by atoms with Crippen LogP contribution in [0.25, 0.3) is 22.3 Å². The van der Waals surface area contributed by atoms with E-state index in [2.05, 4.69) is 15.3 Å². The number of halogens is 1. The third-order valence-electron chi connectivity index (χ3n) is 4.65. The smallest absolute Gasteiger partial charge is 0.219 e. The summed E-state index contributed by atoms with van der Waals surface area (Å²) in [4.78, 5) is 8.52. The lowest BCUT2D eigenvalue weighted by molar-refractivity contribution is 0.380. The van der Waals surface area contributed by atoms with Crippen molar-refractivity contribution < 1.29 is 8.60 Å². The van der Waals surface area contributed by atoms with Crippen LogP contribution in [0.5, 0.6) is 0 Å². The van der Waals surface area contributed by atoms with Crippen LogP contribution in [0.2, 0.25) is 0 Å². The van der Waals surface area contributed by atoms with Gasteiger partial charge in [0.1, 0.15) is 16.8 Å². The summed E-state index contributed by atoms with van der Waals surface area (Å²) in [6.45, 7) is 3.04. The summed E-state index contributed by atoms with van der Waals surface area (Å²) in [7, 11) is -1.30. The highest BCUT2D eigenvalue weighted by Crippen LogP contribution is 2.31. The van der Waals surface area contributed by atoms with E-state index in [-0.39, 0.29) is 5.95 Å². The fourth-order valence-electron chi connectivity index (χ4n) is 3.20. The molecular formula is C20H20FN5OS. The molecule has 1 unspecified atom stereocenters. The van der Waals surface area contributed by atoms with Gasteiger partial charge in [0, 0.05) is 49.7 Å². The lowest BCUT2D eigenvalue weighted by Crippen LogP contribution is -2.44. The number of rotatable bonds is 4. The Kier molecular flexibility index (Phi) is 5.43. The molecule has 0 aliphatic carbocycles. The van der Waals surface area contributed by atoms with E-state index in [1.807, 2.05) is 34.6 Å². The topological polar surface area (TPSA) is 84.1 Å². The summed E-state index contributed by atoms with van der Waals surface area (Å²) < 4.78 is 29.9. The van der Waals surface area contributed by atoms with Crippen LogP contribution in [0.4, 0.5) is 10.3 Å². The zero-order chi connectivity index (χ0) is 19.5. The van der Waals surface area contributed by atoms with E-state index >= 15 is 0 Å². The van der Waals surface area contributed by atoms with Gasteiger partial charge < -0.3 is 11.1 Å². The summed E-state index contributed by atoms with van der Waals surface area (Å²) in [6.07, 6.45) is 2.99. The third-order valence-corrected chi connectivity index (χ3v) is 6.21. The van der Waals surface area contributed by atoms with Gasteiger partial charge in [0.05, 0.1) is 4.90 Å². The second kappa shape index (κ2) is 8.14. The van der Waals surface area contributed by atoms with E-state index in [0.717, 1.165) is 18.7 Å². The first-order valence-electron chi connectivity index (χ1n) is 8.98. The van der Waals surface area contributed by atoms with Crippen LogP contribution < -0.4 is 11.1 Å². The Morgan fingerprint density at radius 1 is 1.00 bits per heavy atom. The average Bonchev–Trinajstić information content (AvgIpc) is 2.74. The first-order valence-corrected chi connectivity index (χ1v) is 10.1. The molecular weight excluding hydrogens is 377 g/mol. The van der Waals surface area contributed by atoms with Crippen molar-refractivity contribution >= 4 is 16.9 Å². The Morgan fingerprint density at radius 2 is 1.71 bits per heavy atom. The Balaban J connectivity index is 1.69. The summed E-state index contributed by atoms with van der Waals surface area (Å²) in [5, 5.41) is 3.26. The van der Waals surface area contributed by atoms with Crippen LogP contribution in [-0.2, 0) is 11.0 Å². The van der Waals surface area contributed by atoms with Gasteiger partial charge in [0.2, 0.25) is 5.95 Å². The highest BCUT2D eigenvalue weighted by molar-refractivity contribution is 7.82. The van der Waals surface area contributed by atoms with E-state index in [1.165, 1.54) is 18.5 Å². The number of benzene rings is 2. The van der Waals surface area contributed by atoms with Crippen LogP contribution in [0.1, 0.15) is 0 Å². The molecule has 1 fully saturated rings. The van der Waals surface area contributed by atoms with Gasteiger partial charge in [-0.1, -0.05) is 30.3 Å². The Morgan fingerprint density at radius 3 is 2.43 bits per heavy atom. The number of nitrogens with one attached hydrogen (secondary N) is 1. The highest BCUT2D eigenvalue weighted by Gasteiger charge is 2.21. The van der Waals surface area contributed by atoms with Crippen LogP contribution in [0, 0.1) is 5.82 Å². The number of anilines is 1. The Labute approximate surface area is 165 Å². The third kappa shape index (κ3) is 3.80. The largest absolute Gasteiger partial charge is 0.368 e. The van der Waals surface area contributed by atoms with E-state index < -0.39 is 16.8 Å². The maximum Gasteiger partial charge on any atom is 0.219 e. The summed E-state index contributed by atoms with van der Waals surface area (Å²) in [5.41, 5.74) is 7.88. The molecule has 0 saturated carbocycles. The molecule has 1 aromatic heterocycles. The molecule has 2 aromatic carbocycles. The zero-order valence-electron chi connectivity index (χ0n) is 15.1. The molecule has 8 heteroatoms. The maximum atomic E-state index is 14.8. The normalized spacial score (nSPS) is 16.0. The quantitative estimate of drug-likeness (QED) is 0.707. The minimum absolute atomic E-state index is 0.144. The van der Waals surface area contributed by atoms with Gasteiger partial charge in [-0.25, -0.2) is 22.9 Å². The minimum Gasteiger partial charge on any atom is -0.368 e. The molecule has 0 amide bonds. The molecule has 28 heavy (non-hydrogen) atoms. The molecule has 0 spiro atoms. The zero-order valence-corrected chi connectivity index (χ0v) is 16.0. The SMILES string of the molecule is Nc1ncc(-c2ccc(-c3ccccc3S(=O)N3CCNCC3)cc2F)cn1. The van der Waals surface area contributed by atoms with Crippen molar-refractivity contribution in [2.45, 2.75) is 4.90 Å². The van der Waals surface area contributed by atoms with Gasteiger partial charge in [0.15, 0.2) is 0 Å². The van der Waals surface area contributed by atoms with Crippen molar-refractivity contribution in [3.63, 3.8) is 0 Å². The van der Waals surface area contributed by atoms with Crippen LogP contribution in [0.15, 0.2) is 59.8 Å². The Hall–Kier alpha value is -2.68. The maximum absolute atomic E-state index is 14.8. The van der Waals surface area contributed by atoms with Gasteiger partial charge in [0.25, 0.3) is 0 Å². The number of aromatic nitrogens is 2. The average molecular weight is 397 g/mol. The summed E-state index contributed by atoms with van der Waals surface area (Å²) in [5.74, 6) is -0.251. The molecule has 6 nitrogen and oxygen atoms in total. The Bertz CT molecular complexity index is 1010. The van der Waals surface area contributed by atoms with E-state index in [9.17, 15) is 8.60 Å². The second-order valence-electron chi connectivity index (χ2n) is 6.45. The number of nitrogen functional groups attached to an aromatic ring is 1. The molecule has 2 heterocycles. The fourth-order valence-corrected chi connectivity index (χ4v) is 4.56. The van der Waals surface area contributed by atoms with Gasteiger partial charge >= 0.3 is 0 Å². The van der Waals surface area contributed by atoms with Crippen molar-refractivity contribution in [3.05, 3.63) is 60.7 Å². The van der Waals surface area contributed by atoms with Crippen molar-refractivity contribution in [3.8, 4) is 22.3 Å². The van der Waals surface area contributed by atoms with Gasteiger partial charge in [-0.15, -0.1) is 0 Å². The minimum atomic E-state index is -1.30. The number of nitrogens with two attached hydrogens (primary N) is 1. The molecule has 3 N–H and O–H groups in total. The van der Waals surface area contributed by atoms with E-state index in [0.29, 0.717) is 34.7 Å². The van der Waals surface area contributed by atoms with Gasteiger partial charge in [-0.05, 0) is 23.3 Å². The van der Waals surface area contributed by atoms with Gasteiger partial charge in [-0.3, -0.25) is 0 Å². The molecule has 0 radical (unpaired) electrons. The monoisotopic (exact) mass is 397 g/mol. The molecule has 1 aliphatic rings. The fraction of sp³-hybridized carbons (Fsp3) is 0.200. The first-order chi connectivity index (χ1) is 13.6. The number of hydrogen-bond donors (Lipinski definition) is 2. The molecule has 1 atom stereocenters. The van der Waals surface area contributed by atoms with Crippen molar-refractivity contribution in [2.75, 3.05) is 31.9 Å². The van der Waals surface area contributed by atoms with Crippen LogP contribution in [0.3, 0.4) is 0 Å². The molecule has 0 bridgehead atoms.